The summed E-state index contributed by atoms with van der Waals surface area (Å²) in [7, 11) is 0. The first-order valence-electron chi connectivity index (χ1n) is 10.8. The van der Waals surface area contributed by atoms with Crippen molar-refractivity contribution in [3.63, 3.8) is 0 Å². The third-order valence-electron chi connectivity index (χ3n) is 6.78. The lowest BCUT2D eigenvalue weighted by molar-refractivity contribution is -0.0658. The van der Waals surface area contributed by atoms with Gasteiger partial charge in [-0.25, -0.2) is 0 Å². The summed E-state index contributed by atoms with van der Waals surface area (Å²) in [5.41, 5.74) is 2.16. The summed E-state index contributed by atoms with van der Waals surface area (Å²) in [4.78, 5) is 2.67. The summed E-state index contributed by atoms with van der Waals surface area (Å²) >= 11 is 0. The van der Waals surface area contributed by atoms with Gasteiger partial charge < -0.3 is 5.11 Å². The Kier molecular flexibility index (Phi) is 5.95. The van der Waals surface area contributed by atoms with E-state index in [-0.39, 0.29) is 0 Å². The molecule has 144 valence electrons. The van der Waals surface area contributed by atoms with Crippen molar-refractivity contribution in [2.45, 2.75) is 63.0 Å². The summed E-state index contributed by atoms with van der Waals surface area (Å²) in [6.07, 6.45) is 9.14. The minimum Gasteiger partial charge on any atom is -0.389 e. The van der Waals surface area contributed by atoms with Crippen molar-refractivity contribution in [2.75, 3.05) is 13.1 Å². The molecule has 27 heavy (non-hydrogen) atoms. The van der Waals surface area contributed by atoms with E-state index in [1.165, 1.54) is 36.8 Å². The largest absolute Gasteiger partial charge is 0.389 e. The summed E-state index contributed by atoms with van der Waals surface area (Å²) in [6, 6.07) is 22.1. The van der Waals surface area contributed by atoms with Gasteiger partial charge in [0.15, 0.2) is 0 Å². The molecular formula is C25H33NO. The van der Waals surface area contributed by atoms with Gasteiger partial charge in [0.1, 0.15) is 0 Å². The van der Waals surface area contributed by atoms with Crippen LogP contribution in [-0.2, 0) is 6.42 Å². The first-order chi connectivity index (χ1) is 13.2. The molecule has 2 fully saturated rings. The Morgan fingerprint density at radius 2 is 1.56 bits per heavy atom. The molecule has 4 rings (SSSR count). The van der Waals surface area contributed by atoms with Crippen LogP contribution in [0.1, 0.15) is 62.1 Å². The number of aliphatic hydroxyl groups is 1. The van der Waals surface area contributed by atoms with Crippen LogP contribution in [0.3, 0.4) is 0 Å². The van der Waals surface area contributed by atoms with Crippen LogP contribution in [0.5, 0.6) is 0 Å². The van der Waals surface area contributed by atoms with Crippen molar-refractivity contribution in [3.05, 3.63) is 71.8 Å². The van der Waals surface area contributed by atoms with Gasteiger partial charge >= 0.3 is 0 Å². The van der Waals surface area contributed by atoms with E-state index < -0.39 is 5.60 Å². The summed E-state index contributed by atoms with van der Waals surface area (Å²) in [6.45, 7) is 2.19. The molecule has 2 heteroatoms. The Labute approximate surface area is 164 Å². The van der Waals surface area contributed by atoms with Crippen LogP contribution < -0.4 is 0 Å². The minimum absolute atomic E-state index is 0.371. The van der Waals surface area contributed by atoms with Crippen LogP contribution >= 0.6 is 0 Å². The van der Waals surface area contributed by atoms with Crippen molar-refractivity contribution >= 4 is 0 Å². The number of piperidine rings is 1. The van der Waals surface area contributed by atoms with E-state index in [0.29, 0.717) is 12.0 Å². The average molecular weight is 364 g/mol. The van der Waals surface area contributed by atoms with Gasteiger partial charge in [0.2, 0.25) is 0 Å². The Bertz CT molecular complexity index is 701. The first kappa shape index (κ1) is 18.7. The lowest BCUT2D eigenvalue weighted by atomic mass is 9.71. The van der Waals surface area contributed by atoms with E-state index in [4.69, 9.17) is 0 Å². The molecule has 2 aromatic rings. The number of benzene rings is 2. The standard InChI is InChI=1S/C25H33NO/c27-25(19-21-11-3-1-4-12-21)17-9-7-15-23(25)20-26-18-10-8-16-24(26)22-13-5-2-6-14-22/h1-6,11-14,23-24,27H,7-10,15-20H2. The Morgan fingerprint density at radius 3 is 2.33 bits per heavy atom. The van der Waals surface area contributed by atoms with Crippen molar-refractivity contribution in [1.82, 2.24) is 4.90 Å². The van der Waals surface area contributed by atoms with Crippen molar-refractivity contribution in [2.24, 2.45) is 5.92 Å². The maximum Gasteiger partial charge on any atom is 0.0728 e. The lowest BCUT2D eigenvalue weighted by Crippen LogP contribution is -2.49. The number of nitrogens with zero attached hydrogens (tertiary/aromatic N) is 1. The quantitative estimate of drug-likeness (QED) is 0.771. The van der Waals surface area contributed by atoms with Gasteiger partial charge in [0, 0.05) is 24.9 Å². The second kappa shape index (κ2) is 8.58. The highest BCUT2D eigenvalue weighted by Crippen LogP contribution is 2.40. The van der Waals surface area contributed by atoms with Gasteiger partial charge in [0.25, 0.3) is 0 Å². The lowest BCUT2D eigenvalue weighted by Gasteiger charge is -2.45. The molecule has 2 aliphatic rings. The van der Waals surface area contributed by atoms with Crippen LogP contribution in [0.25, 0.3) is 0 Å². The monoisotopic (exact) mass is 363 g/mol. The Hall–Kier alpha value is -1.64. The molecule has 0 bridgehead atoms. The smallest absolute Gasteiger partial charge is 0.0728 e. The Balaban J connectivity index is 1.51. The predicted octanol–water partition coefficient (Wildman–Crippen LogP) is 5.38. The summed E-state index contributed by atoms with van der Waals surface area (Å²) in [5, 5.41) is 11.6. The fourth-order valence-electron chi connectivity index (χ4n) is 5.28. The van der Waals surface area contributed by atoms with Crippen LogP contribution in [0, 0.1) is 5.92 Å². The first-order valence-corrected chi connectivity index (χ1v) is 10.8. The molecule has 1 saturated carbocycles. The molecule has 1 aliphatic heterocycles. The molecule has 3 atom stereocenters. The molecule has 0 aromatic heterocycles. The predicted molar refractivity (Wildman–Crippen MR) is 112 cm³/mol. The Morgan fingerprint density at radius 1 is 0.852 bits per heavy atom. The third kappa shape index (κ3) is 4.44. The van der Waals surface area contributed by atoms with Crippen molar-refractivity contribution in [1.29, 1.82) is 0 Å². The van der Waals surface area contributed by atoms with Gasteiger partial charge in [-0.3, -0.25) is 4.90 Å². The molecule has 1 N–H and O–H groups in total. The molecule has 2 nitrogen and oxygen atoms in total. The van der Waals surface area contributed by atoms with E-state index in [0.717, 1.165) is 38.8 Å². The van der Waals surface area contributed by atoms with E-state index >= 15 is 0 Å². The topological polar surface area (TPSA) is 23.5 Å². The number of hydrogen-bond donors (Lipinski definition) is 1. The van der Waals surface area contributed by atoms with Gasteiger partial charge in [-0.1, -0.05) is 79.9 Å². The number of hydrogen-bond acceptors (Lipinski definition) is 2. The minimum atomic E-state index is -0.557. The van der Waals surface area contributed by atoms with E-state index in [1.54, 1.807) is 0 Å². The molecule has 3 unspecified atom stereocenters. The highest BCUT2D eigenvalue weighted by molar-refractivity contribution is 5.20. The highest BCUT2D eigenvalue weighted by Gasteiger charge is 2.40. The second-order valence-electron chi connectivity index (χ2n) is 8.63. The van der Waals surface area contributed by atoms with Crippen LogP contribution in [-0.4, -0.2) is 28.7 Å². The van der Waals surface area contributed by atoms with Crippen LogP contribution in [0.2, 0.25) is 0 Å². The van der Waals surface area contributed by atoms with Gasteiger partial charge in [-0.05, 0) is 43.4 Å². The maximum absolute atomic E-state index is 11.6. The van der Waals surface area contributed by atoms with Crippen molar-refractivity contribution in [3.8, 4) is 0 Å². The molecule has 1 saturated heterocycles. The van der Waals surface area contributed by atoms with E-state index in [1.807, 2.05) is 0 Å². The molecule has 0 radical (unpaired) electrons. The highest BCUT2D eigenvalue weighted by atomic mass is 16.3. The molecule has 1 heterocycles. The molecule has 2 aromatic carbocycles. The zero-order valence-electron chi connectivity index (χ0n) is 16.4. The van der Waals surface area contributed by atoms with Gasteiger partial charge in [-0.2, -0.15) is 0 Å². The second-order valence-corrected chi connectivity index (χ2v) is 8.63. The fraction of sp³-hybridized carbons (Fsp3) is 0.520. The zero-order valence-corrected chi connectivity index (χ0v) is 16.4. The van der Waals surface area contributed by atoms with E-state index in [9.17, 15) is 5.11 Å². The number of likely N-dealkylation sites (tertiary alicyclic amines) is 1. The maximum atomic E-state index is 11.6. The molecule has 0 amide bonds. The van der Waals surface area contributed by atoms with Gasteiger partial charge in [-0.15, -0.1) is 0 Å². The summed E-state index contributed by atoms with van der Waals surface area (Å²) < 4.78 is 0. The normalized spacial score (nSPS) is 29.5. The molecular weight excluding hydrogens is 330 g/mol. The fourth-order valence-corrected chi connectivity index (χ4v) is 5.28. The molecule has 1 aliphatic carbocycles. The van der Waals surface area contributed by atoms with Crippen LogP contribution in [0.4, 0.5) is 0 Å². The van der Waals surface area contributed by atoms with Gasteiger partial charge in [0.05, 0.1) is 5.60 Å². The van der Waals surface area contributed by atoms with E-state index in [2.05, 4.69) is 65.6 Å². The average Bonchev–Trinajstić information content (AvgIpc) is 2.71. The SMILES string of the molecule is OC1(Cc2ccccc2)CCCCC1CN1CCCCC1c1ccccc1. The van der Waals surface area contributed by atoms with Crippen molar-refractivity contribution < 1.29 is 5.11 Å². The zero-order chi connectivity index (χ0) is 18.5. The summed E-state index contributed by atoms with van der Waals surface area (Å²) in [5.74, 6) is 0.371. The molecule has 0 spiro atoms. The third-order valence-corrected chi connectivity index (χ3v) is 6.78. The van der Waals surface area contributed by atoms with Crippen LogP contribution in [0.15, 0.2) is 60.7 Å². The number of rotatable bonds is 5.